The molecule has 1 aromatic carbocycles. The summed E-state index contributed by atoms with van der Waals surface area (Å²) < 4.78 is 35.0. The smallest absolute Gasteiger partial charge is 0.237 e. The largest absolute Gasteiger partial charge is 0.496 e. The number of carbonyl (C=O) groups is 1. The van der Waals surface area contributed by atoms with Gasteiger partial charge in [0.1, 0.15) is 11.5 Å². The number of hydrogen-bond acceptors (Lipinski definition) is 5. The number of ether oxygens (including phenoxy) is 2. The summed E-state index contributed by atoms with van der Waals surface area (Å²) in [5, 5.41) is 0. The second-order valence-corrected chi connectivity index (χ2v) is 7.43. The molecule has 1 saturated heterocycles. The molecule has 2 rings (SSSR count). The number of benzene rings is 1. The highest BCUT2D eigenvalue weighted by Gasteiger charge is 2.26. The predicted molar refractivity (Wildman–Crippen MR) is 82.5 cm³/mol. The molecule has 6 nitrogen and oxygen atoms in total. The van der Waals surface area contributed by atoms with Gasteiger partial charge < -0.3 is 14.4 Å². The number of sulfone groups is 1. The SMILES string of the molecule is COc1ccccc1CS(=O)(=O)CC(=O)N1CCOC(C)C1. The zero-order chi connectivity index (χ0) is 16.2. The monoisotopic (exact) mass is 327 g/mol. The van der Waals surface area contributed by atoms with Gasteiger partial charge in [0.2, 0.25) is 5.91 Å². The highest BCUT2D eigenvalue weighted by atomic mass is 32.2. The van der Waals surface area contributed by atoms with Gasteiger partial charge in [0.05, 0.1) is 25.6 Å². The van der Waals surface area contributed by atoms with Gasteiger partial charge in [0.25, 0.3) is 0 Å². The molecular weight excluding hydrogens is 306 g/mol. The summed E-state index contributed by atoms with van der Waals surface area (Å²) in [5.41, 5.74) is 0.563. The highest BCUT2D eigenvalue weighted by Crippen LogP contribution is 2.20. The maximum absolute atomic E-state index is 12.3. The Balaban J connectivity index is 2.03. The molecule has 0 aromatic heterocycles. The molecule has 0 aliphatic carbocycles. The van der Waals surface area contributed by atoms with Crippen molar-refractivity contribution in [1.82, 2.24) is 4.90 Å². The Labute approximate surface area is 130 Å². The van der Waals surface area contributed by atoms with Crippen molar-refractivity contribution in [1.29, 1.82) is 0 Å². The lowest BCUT2D eigenvalue weighted by molar-refractivity contribution is -0.135. The number of morpholine rings is 1. The summed E-state index contributed by atoms with van der Waals surface area (Å²) in [7, 11) is -2.05. The molecule has 1 heterocycles. The van der Waals surface area contributed by atoms with E-state index in [9.17, 15) is 13.2 Å². The molecule has 0 saturated carbocycles. The van der Waals surface area contributed by atoms with Crippen LogP contribution in [0.2, 0.25) is 0 Å². The van der Waals surface area contributed by atoms with E-state index in [1.54, 1.807) is 29.2 Å². The summed E-state index contributed by atoms with van der Waals surface area (Å²) in [5.74, 6) is -0.552. The first-order valence-corrected chi connectivity index (χ1v) is 8.95. The first-order chi connectivity index (χ1) is 10.4. The molecule has 1 fully saturated rings. The standard InChI is InChI=1S/C15H21NO5S/c1-12-9-16(7-8-21-12)15(17)11-22(18,19)10-13-5-3-4-6-14(13)20-2/h3-6,12H,7-11H2,1-2H3. The third-order valence-electron chi connectivity index (χ3n) is 3.51. The van der Waals surface area contributed by atoms with Crippen LogP contribution in [-0.4, -0.2) is 57.9 Å². The van der Waals surface area contributed by atoms with Gasteiger partial charge in [-0.15, -0.1) is 0 Å². The van der Waals surface area contributed by atoms with Crippen LogP contribution in [0.1, 0.15) is 12.5 Å². The molecule has 0 spiro atoms. The number of para-hydroxylation sites is 1. The Morgan fingerprint density at radius 3 is 2.82 bits per heavy atom. The van der Waals surface area contributed by atoms with Crippen LogP contribution in [0.4, 0.5) is 0 Å². The van der Waals surface area contributed by atoms with E-state index in [2.05, 4.69) is 0 Å². The molecular formula is C15H21NO5S. The Morgan fingerprint density at radius 2 is 2.14 bits per heavy atom. The first kappa shape index (κ1) is 16.8. The average molecular weight is 327 g/mol. The van der Waals surface area contributed by atoms with Gasteiger partial charge in [-0.05, 0) is 13.0 Å². The van der Waals surface area contributed by atoms with Gasteiger partial charge in [-0.3, -0.25) is 4.79 Å². The summed E-state index contributed by atoms with van der Waals surface area (Å²) in [6, 6.07) is 6.92. The quantitative estimate of drug-likeness (QED) is 0.802. The minimum absolute atomic E-state index is 0.0605. The lowest BCUT2D eigenvalue weighted by Gasteiger charge is -2.31. The summed E-state index contributed by atoms with van der Waals surface area (Å²) >= 11 is 0. The molecule has 1 unspecified atom stereocenters. The van der Waals surface area contributed by atoms with E-state index < -0.39 is 15.6 Å². The van der Waals surface area contributed by atoms with Crippen molar-refractivity contribution < 1.29 is 22.7 Å². The van der Waals surface area contributed by atoms with Crippen molar-refractivity contribution in [2.45, 2.75) is 18.8 Å². The molecule has 122 valence electrons. The molecule has 1 aliphatic rings. The Bertz CT molecular complexity index is 629. The molecule has 0 N–H and O–H groups in total. The van der Waals surface area contributed by atoms with E-state index in [0.29, 0.717) is 31.0 Å². The molecule has 1 amide bonds. The number of hydrogen-bond donors (Lipinski definition) is 0. The Kier molecular flexibility index (Phi) is 5.42. The van der Waals surface area contributed by atoms with E-state index in [-0.39, 0.29) is 17.8 Å². The van der Waals surface area contributed by atoms with Crippen LogP contribution in [0.15, 0.2) is 24.3 Å². The second-order valence-electron chi connectivity index (χ2n) is 5.37. The molecule has 0 bridgehead atoms. The van der Waals surface area contributed by atoms with Crippen LogP contribution < -0.4 is 4.74 Å². The normalized spacial score (nSPS) is 19.0. The summed E-state index contributed by atoms with van der Waals surface area (Å²) in [6.45, 7) is 3.18. The van der Waals surface area contributed by atoms with Gasteiger partial charge in [-0.1, -0.05) is 18.2 Å². The zero-order valence-electron chi connectivity index (χ0n) is 12.8. The van der Waals surface area contributed by atoms with Crippen molar-refractivity contribution in [3.05, 3.63) is 29.8 Å². The number of carbonyl (C=O) groups excluding carboxylic acids is 1. The Hall–Kier alpha value is -1.60. The van der Waals surface area contributed by atoms with E-state index in [0.717, 1.165) is 0 Å². The maximum atomic E-state index is 12.3. The van der Waals surface area contributed by atoms with E-state index in [4.69, 9.17) is 9.47 Å². The topological polar surface area (TPSA) is 72.9 Å². The minimum atomic E-state index is -3.55. The fraction of sp³-hybridized carbons (Fsp3) is 0.533. The van der Waals surface area contributed by atoms with E-state index in [1.165, 1.54) is 7.11 Å². The summed E-state index contributed by atoms with van der Waals surface area (Å²) in [4.78, 5) is 13.7. The fourth-order valence-electron chi connectivity index (χ4n) is 2.43. The molecule has 0 radical (unpaired) electrons. The second kappa shape index (κ2) is 7.11. The minimum Gasteiger partial charge on any atom is -0.496 e. The molecule has 22 heavy (non-hydrogen) atoms. The molecule has 1 atom stereocenters. The molecule has 1 aliphatic heterocycles. The maximum Gasteiger partial charge on any atom is 0.237 e. The predicted octanol–water partition coefficient (Wildman–Crippen LogP) is 0.857. The van der Waals surface area contributed by atoms with Crippen LogP contribution in [0.25, 0.3) is 0 Å². The van der Waals surface area contributed by atoms with Crippen LogP contribution in [0.3, 0.4) is 0 Å². The Morgan fingerprint density at radius 1 is 1.41 bits per heavy atom. The van der Waals surface area contributed by atoms with Crippen molar-refractivity contribution in [2.75, 3.05) is 32.6 Å². The van der Waals surface area contributed by atoms with E-state index >= 15 is 0 Å². The van der Waals surface area contributed by atoms with Gasteiger partial charge >= 0.3 is 0 Å². The van der Waals surface area contributed by atoms with Crippen LogP contribution in [0.5, 0.6) is 5.75 Å². The van der Waals surface area contributed by atoms with Crippen molar-refractivity contribution >= 4 is 15.7 Å². The fourth-order valence-corrected chi connectivity index (χ4v) is 3.81. The third kappa shape index (κ3) is 4.45. The number of nitrogens with zero attached hydrogens (tertiary/aromatic N) is 1. The van der Waals surface area contributed by atoms with Gasteiger partial charge in [-0.25, -0.2) is 8.42 Å². The lowest BCUT2D eigenvalue weighted by atomic mass is 10.2. The van der Waals surface area contributed by atoms with E-state index in [1.807, 2.05) is 6.92 Å². The first-order valence-electron chi connectivity index (χ1n) is 7.13. The number of amides is 1. The van der Waals surface area contributed by atoms with Crippen molar-refractivity contribution in [3.8, 4) is 5.75 Å². The van der Waals surface area contributed by atoms with Crippen LogP contribution >= 0.6 is 0 Å². The third-order valence-corrected chi connectivity index (χ3v) is 4.94. The highest BCUT2D eigenvalue weighted by molar-refractivity contribution is 7.91. The lowest BCUT2D eigenvalue weighted by Crippen LogP contribution is -2.46. The molecule has 1 aromatic rings. The zero-order valence-corrected chi connectivity index (χ0v) is 13.6. The average Bonchev–Trinajstić information content (AvgIpc) is 2.47. The van der Waals surface area contributed by atoms with Crippen LogP contribution in [-0.2, 0) is 25.1 Å². The summed E-state index contributed by atoms with van der Waals surface area (Å²) in [6.07, 6.45) is -0.0605. The van der Waals surface area contributed by atoms with Gasteiger partial charge in [-0.2, -0.15) is 0 Å². The van der Waals surface area contributed by atoms with Gasteiger partial charge in [0, 0.05) is 18.7 Å². The number of methoxy groups -OCH3 is 1. The van der Waals surface area contributed by atoms with Crippen molar-refractivity contribution in [2.24, 2.45) is 0 Å². The molecule has 7 heteroatoms. The van der Waals surface area contributed by atoms with Crippen molar-refractivity contribution in [3.63, 3.8) is 0 Å². The van der Waals surface area contributed by atoms with Gasteiger partial charge in [0.15, 0.2) is 9.84 Å². The number of rotatable bonds is 5. The van der Waals surface area contributed by atoms with Crippen LogP contribution in [0, 0.1) is 0 Å².